The Morgan fingerprint density at radius 2 is 1.60 bits per heavy atom. The predicted molar refractivity (Wildman–Crippen MR) is 80.2 cm³/mol. The lowest BCUT2D eigenvalue weighted by Crippen LogP contribution is -2.11. The van der Waals surface area contributed by atoms with E-state index in [1.54, 1.807) is 6.07 Å². The van der Waals surface area contributed by atoms with Crippen molar-refractivity contribution in [3.8, 4) is 0 Å². The minimum absolute atomic E-state index is 0.0219. The molecule has 1 nitrogen and oxygen atoms in total. The smallest absolute Gasteiger partial charge is 0.196 e. The summed E-state index contributed by atoms with van der Waals surface area (Å²) >= 11 is 5.76. The van der Waals surface area contributed by atoms with Crippen LogP contribution in [-0.2, 0) is 0 Å². The first kappa shape index (κ1) is 14.7. The van der Waals surface area contributed by atoms with Crippen LogP contribution >= 0.6 is 11.6 Å². The summed E-state index contributed by atoms with van der Waals surface area (Å²) in [7, 11) is 0. The van der Waals surface area contributed by atoms with Crippen molar-refractivity contribution in [2.75, 3.05) is 0 Å². The van der Waals surface area contributed by atoms with E-state index in [-0.39, 0.29) is 16.4 Å². The van der Waals surface area contributed by atoms with E-state index in [9.17, 15) is 9.18 Å². The van der Waals surface area contributed by atoms with Crippen LogP contribution in [-0.4, -0.2) is 5.78 Å². The minimum atomic E-state index is -0.655. The summed E-state index contributed by atoms with van der Waals surface area (Å²) < 4.78 is 14.0. The molecule has 0 aromatic heterocycles. The zero-order valence-electron chi connectivity index (χ0n) is 12.0. The summed E-state index contributed by atoms with van der Waals surface area (Å²) in [6.45, 7) is 7.68. The van der Waals surface area contributed by atoms with Crippen LogP contribution in [0.5, 0.6) is 0 Å². The second-order valence-electron chi connectivity index (χ2n) is 5.07. The maximum Gasteiger partial charge on any atom is 0.196 e. The molecule has 0 radical (unpaired) electrons. The molecule has 0 aliphatic carbocycles. The number of benzene rings is 2. The number of halogens is 2. The minimum Gasteiger partial charge on any atom is -0.288 e. The fourth-order valence-corrected chi connectivity index (χ4v) is 2.55. The monoisotopic (exact) mass is 290 g/mol. The highest BCUT2D eigenvalue weighted by molar-refractivity contribution is 6.31. The summed E-state index contributed by atoms with van der Waals surface area (Å²) in [6, 6.07) is 6.54. The van der Waals surface area contributed by atoms with Gasteiger partial charge in [-0.3, -0.25) is 4.79 Å². The average Bonchev–Trinajstić information content (AvgIpc) is 2.40. The number of aryl methyl sites for hydroxylation is 2. The predicted octanol–water partition coefficient (Wildman–Crippen LogP) is 4.94. The van der Waals surface area contributed by atoms with E-state index >= 15 is 0 Å². The van der Waals surface area contributed by atoms with Crippen LogP contribution in [0.4, 0.5) is 4.39 Å². The van der Waals surface area contributed by atoms with Crippen LogP contribution in [0, 0.1) is 33.5 Å². The Balaban J connectivity index is 2.69. The first-order chi connectivity index (χ1) is 9.34. The van der Waals surface area contributed by atoms with E-state index in [0.29, 0.717) is 5.56 Å². The van der Waals surface area contributed by atoms with Crippen molar-refractivity contribution >= 4 is 17.4 Å². The molecule has 0 bridgehead atoms. The molecule has 20 heavy (non-hydrogen) atoms. The Morgan fingerprint density at radius 1 is 1.05 bits per heavy atom. The standard InChI is InChI=1S/C17H16ClFO/c1-9-8-10(2)12(4)15(11(9)3)17(20)13-6-5-7-14(18)16(13)19/h5-8H,1-4H3. The van der Waals surface area contributed by atoms with Crippen molar-refractivity contribution in [1.82, 2.24) is 0 Å². The summed E-state index contributed by atoms with van der Waals surface area (Å²) in [5, 5.41) is -0.0319. The third-order valence-electron chi connectivity index (χ3n) is 3.79. The molecule has 0 heterocycles. The van der Waals surface area contributed by atoms with E-state index in [2.05, 4.69) is 0 Å². The van der Waals surface area contributed by atoms with Gasteiger partial charge in [0.1, 0.15) is 0 Å². The molecule has 2 rings (SSSR count). The maximum absolute atomic E-state index is 14.0. The molecule has 0 spiro atoms. The van der Waals surface area contributed by atoms with Crippen LogP contribution in [0.3, 0.4) is 0 Å². The Morgan fingerprint density at radius 3 is 2.15 bits per heavy atom. The number of carbonyl (C=O) groups excluding carboxylic acids is 1. The number of ketones is 1. The van der Waals surface area contributed by atoms with Gasteiger partial charge in [-0.2, -0.15) is 0 Å². The molecule has 0 amide bonds. The van der Waals surface area contributed by atoms with Crippen molar-refractivity contribution in [1.29, 1.82) is 0 Å². The van der Waals surface area contributed by atoms with Gasteiger partial charge in [0.25, 0.3) is 0 Å². The third-order valence-corrected chi connectivity index (χ3v) is 4.08. The molecular formula is C17H16ClFO. The van der Waals surface area contributed by atoms with Crippen molar-refractivity contribution in [3.63, 3.8) is 0 Å². The van der Waals surface area contributed by atoms with Crippen LogP contribution < -0.4 is 0 Å². The lowest BCUT2D eigenvalue weighted by Gasteiger charge is -2.15. The average molecular weight is 291 g/mol. The molecule has 0 aliphatic heterocycles. The van der Waals surface area contributed by atoms with E-state index in [1.165, 1.54) is 12.1 Å². The highest BCUT2D eigenvalue weighted by atomic mass is 35.5. The Bertz CT molecular complexity index is 678. The van der Waals surface area contributed by atoms with Crippen LogP contribution in [0.1, 0.15) is 38.2 Å². The lowest BCUT2D eigenvalue weighted by molar-refractivity contribution is 0.103. The molecule has 0 unspecified atom stereocenters. The molecule has 0 N–H and O–H groups in total. The van der Waals surface area contributed by atoms with Crippen molar-refractivity contribution in [2.45, 2.75) is 27.7 Å². The molecule has 2 aromatic carbocycles. The van der Waals surface area contributed by atoms with Gasteiger partial charge in [-0.25, -0.2) is 4.39 Å². The number of rotatable bonds is 2. The van der Waals surface area contributed by atoms with Gasteiger partial charge >= 0.3 is 0 Å². The Hall–Kier alpha value is -1.67. The molecule has 0 atom stereocenters. The highest BCUT2D eigenvalue weighted by Crippen LogP contribution is 2.27. The molecule has 0 saturated carbocycles. The highest BCUT2D eigenvalue weighted by Gasteiger charge is 2.21. The van der Waals surface area contributed by atoms with Gasteiger partial charge in [-0.15, -0.1) is 0 Å². The first-order valence-corrected chi connectivity index (χ1v) is 6.78. The summed E-state index contributed by atoms with van der Waals surface area (Å²) in [6.07, 6.45) is 0. The fraction of sp³-hybridized carbons (Fsp3) is 0.235. The topological polar surface area (TPSA) is 17.1 Å². The van der Waals surface area contributed by atoms with Gasteiger partial charge in [0.15, 0.2) is 11.6 Å². The van der Waals surface area contributed by atoms with E-state index in [0.717, 1.165) is 22.3 Å². The normalized spacial score (nSPS) is 10.7. The molecule has 0 saturated heterocycles. The molecule has 0 aliphatic rings. The van der Waals surface area contributed by atoms with Crippen molar-refractivity contribution in [2.24, 2.45) is 0 Å². The van der Waals surface area contributed by atoms with Gasteiger partial charge in [0.05, 0.1) is 10.6 Å². The van der Waals surface area contributed by atoms with Gasteiger partial charge in [0.2, 0.25) is 0 Å². The first-order valence-electron chi connectivity index (χ1n) is 6.40. The van der Waals surface area contributed by atoms with Crippen LogP contribution in [0.2, 0.25) is 5.02 Å². The van der Waals surface area contributed by atoms with Crippen molar-refractivity contribution < 1.29 is 9.18 Å². The zero-order chi connectivity index (χ0) is 15.0. The maximum atomic E-state index is 14.0. The lowest BCUT2D eigenvalue weighted by atomic mass is 9.89. The number of carbonyl (C=O) groups is 1. The van der Waals surface area contributed by atoms with E-state index in [4.69, 9.17) is 11.6 Å². The number of hydrogen-bond acceptors (Lipinski definition) is 1. The van der Waals surface area contributed by atoms with Gasteiger partial charge < -0.3 is 0 Å². The molecular weight excluding hydrogens is 275 g/mol. The van der Waals surface area contributed by atoms with Gasteiger partial charge in [0, 0.05) is 5.56 Å². The SMILES string of the molecule is Cc1cc(C)c(C)c(C(=O)c2cccc(Cl)c2F)c1C. The summed E-state index contributed by atoms with van der Waals surface area (Å²) in [5.74, 6) is -0.969. The Labute approximate surface area is 123 Å². The quantitative estimate of drug-likeness (QED) is 0.716. The Kier molecular flexibility index (Phi) is 3.96. The summed E-state index contributed by atoms with van der Waals surface area (Å²) in [5.41, 5.74) is 4.42. The molecule has 0 fully saturated rings. The van der Waals surface area contributed by atoms with Crippen molar-refractivity contribution in [3.05, 3.63) is 68.5 Å². The van der Waals surface area contributed by atoms with E-state index in [1.807, 2.05) is 33.8 Å². The zero-order valence-corrected chi connectivity index (χ0v) is 12.7. The van der Waals surface area contributed by atoms with Crippen LogP contribution in [0.15, 0.2) is 24.3 Å². The molecule has 2 aromatic rings. The van der Waals surface area contributed by atoms with Gasteiger partial charge in [-0.05, 0) is 62.1 Å². The molecule has 3 heteroatoms. The second kappa shape index (κ2) is 5.37. The van der Waals surface area contributed by atoms with Crippen LogP contribution in [0.25, 0.3) is 0 Å². The largest absolute Gasteiger partial charge is 0.288 e. The third kappa shape index (κ3) is 2.36. The summed E-state index contributed by atoms with van der Waals surface area (Å²) in [4.78, 5) is 12.7. The molecule has 104 valence electrons. The van der Waals surface area contributed by atoms with E-state index < -0.39 is 5.82 Å². The second-order valence-corrected chi connectivity index (χ2v) is 5.47. The fourth-order valence-electron chi connectivity index (χ4n) is 2.37. The van der Waals surface area contributed by atoms with Gasteiger partial charge in [-0.1, -0.05) is 23.7 Å². The number of hydrogen-bond donors (Lipinski definition) is 0.